The van der Waals surface area contributed by atoms with Crippen molar-refractivity contribution >= 4 is 33.3 Å². The van der Waals surface area contributed by atoms with E-state index in [0.29, 0.717) is 11.6 Å². The Hall–Kier alpha value is -2.60. The fourth-order valence-electron chi connectivity index (χ4n) is 2.28. The predicted molar refractivity (Wildman–Crippen MR) is 96.8 cm³/mol. The first-order valence-electron chi connectivity index (χ1n) is 7.43. The number of hydrogen-bond donors (Lipinski definition) is 2. The Balaban J connectivity index is 1.84. The maximum Gasteiger partial charge on any atom is 0.252 e. The normalized spacial score (nSPS) is 11.8. The van der Waals surface area contributed by atoms with Gasteiger partial charge in [0.1, 0.15) is 11.8 Å². The summed E-state index contributed by atoms with van der Waals surface area (Å²) in [5.74, 6) is 0.830. The van der Waals surface area contributed by atoms with Gasteiger partial charge in [-0.05, 0) is 36.8 Å². The van der Waals surface area contributed by atoms with Crippen molar-refractivity contribution in [1.82, 2.24) is 5.16 Å². The van der Waals surface area contributed by atoms with E-state index < -0.39 is 6.04 Å². The second-order valence-electron chi connectivity index (χ2n) is 5.31. The van der Waals surface area contributed by atoms with Crippen molar-refractivity contribution in [3.63, 3.8) is 0 Å². The molecule has 1 atom stereocenters. The molecule has 2 N–H and O–H groups in total. The van der Waals surface area contributed by atoms with Crippen LogP contribution in [0.3, 0.4) is 0 Å². The summed E-state index contributed by atoms with van der Waals surface area (Å²) in [5.41, 5.74) is 1.71. The molecule has 5 nitrogen and oxygen atoms in total. The van der Waals surface area contributed by atoms with E-state index >= 15 is 0 Å². The zero-order valence-corrected chi connectivity index (χ0v) is 14.6. The summed E-state index contributed by atoms with van der Waals surface area (Å²) >= 11 is 3.41. The Labute approximate surface area is 148 Å². The van der Waals surface area contributed by atoms with Gasteiger partial charge in [0, 0.05) is 16.2 Å². The van der Waals surface area contributed by atoms with Crippen LogP contribution >= 0.6 is 15.9 Å². The van der Waals surface area contributed by atoms with Gasteiger partial charge in [0.2, 0.25) is 0 Å². The lowest BCUT2D eigenvalue weighted by molar-refractivity contribution is -0.117. The summed E-state index contributed by atoms with van der Waals surface area (Å²) in [5, 5.41) is 9.85. The van der Waals surface area contributed by atoms with Gasteiger partial charge < -0.3 is 15.2 Å². The summed E-state index contributed by atoms with van der Waals surface area (Å²) in [7, 11) is 0. The van der Waals surface area contributed by atoms with Gasteiger partial charge in [0.15, 0.2) is 5.82 Å². The maximum absolute atomic E-state index is 12.7. The number of aromatic nitrogens is 1. The second-order valence-corrected chi connectivity index (χ2v) is 6.22. The first kappa shape index (κ1) is 16.3. The molecule has 122 valence electrons. The molecule has 0 fully saturated rings. The Morgan fingerprint density at radius 3 is 2.46 bits per heavy atom. The number of anilines is 2. The van der Waals surface area contributed by atoms with Gasteiger partial charge in [0.25, 0.3) is 5.91 Å². The fraction of sp³-hybridized carbons (Fsp3) is 0.111. The lowest BCUT2D eigenvalue weighted by Crippen LogP contribution is -2.27. The molecule has 1 heterocycles. The van der Waals surface area contributed by atoms with Crippen LogP contribution in [0, 0.1) is 6.92 Å². The van der Waals surface area contributed by atoms with Crippen molar-refractivity contribution in [2.24, 2.45) is 0 Å². The summed E-state index contributed by atoms with van der Waals surface area (Å²) in [6.07, 6.45) is 0. The van der Waals surface area contributed by atoms with Gasteiger partial charge in [0.05, 0.1) is 0 Å². The predicted octanol–water partition coefficient (Wildman–Crippen LogP) is 4.54. The van der Waals surface area contributed by atoms with Crippen molar-refractivity contribution in [3.8, 4) is 0 Å². The number of hydrogen-bond acceptors (Lipinski definition) is 4. The molecule has 1 unspecified atom stereocenters. The molecule has 0 saturated carbocycles. The Morgan fingerprint density at radius 1 is 1.12 bits per heavy atom. The first-order valence-corrected chi connectivity index (χ1v) is 8.22. The van der Waals surface area contributed by atoms with Crippen LogP contribution < -0.4 is 10.6 Å². The summed E-state index contributed by atoms with van der Waals surface area (Å²) in [4.78, 5) is 12.7. The number of benzene rings is 2. The zero-order chi connectivity index (χ0) is 16.9. The third kappa shape index (κ3) is 4.02. The standard InChI is InChI=1S/C18H16BrN3O2/c1-12-11-16(22-24-12)21-18(23)17(13-5-3-2-4-6-13)20-15-9-7-14(19)8-10-15/h2-11,17,20H,1H3,(H,21,22,23). The SMILES string of the molecule is Cc1cc(NC(=O)C(Nc2ccc(Br)cc2)c2ccccc2)no1. The first-order chi connectivity index (χ1) is 11.6. The van der Waals surface area contributed by atoms with Crippen molar-refractivity contribution in [2.75, 3.05) is 10.6 Å². The quantitative estimate of drug-likeness (QED) is 0.676. The highest BCUT2D eigenvalue weighted by Crippen LogP contribution is 2.23. The highest BCUT2D eigenvalue weighted by Gasteiger charge is 2.21. The third-order valence-electron chi connectivity index (χ3n) is 3.43. The van der Waals surface area contributed by atoms with E-state index in [-0.39, 0.29) is 5.91 Å². The molecule has 3 rings (SSSR count). The van der Waals surface area contributed by atoms with Gasteiger partial charge in [-0.15, -0.1) is 0 Å². The minimum Gasteiger partial charge on any atom is -0.370 e. The summed E-state index contributed by atoms with van der Waals surface area (Å²) in [6.45, 7) is 1.78. The fourth-order valence-corrected chi connectivity index (χ4v) is 2.55. The summed E-state index contributed by atoms with van der Waals surface area (Å²) in [6, 6.07) is 18.3. The van der Waals surface area contributed by atoms with Gasteiger partial charge in [-0.3, -0.25) is 4.79 Å². The molecule has 24 heavy (non-hydrogen) atoms. The monoisotopic (exact) mass is 385 g/mol. The van der Waals surface area contributed by atoms with Gasteiger partial charge in [-0.25, -0.2) is 0 Å². The minimum absolute atomic E-state index is 0.211. The largest absolute Gasteiger partial charge is 0.370 e. The molecule has 1 aromatic heterocycles. The highest BCUT2D eigenvalue weighted by molar-refractivity contribution is 9.10. The van der Waals surface area contributed by atoms with Crippen LogP contribution in [0.4, 0.5) is 11.5 Å². The third-order valence-corrected chi connectivity index (χ3v) is 3.96. The molecule has 0 aliphatic rings. The van der Waals surface area contributed by atoms with Crippen LogP contribution in [0.25, 0.3) is 0 Å². The van der Waals surface area contributed by atoms with Gasteiger partial charge in [-0.1, -0.05) is 51.4 Å². The Morgan fingerprint density at radius 2 is 1.83 bits per heavy atom. The minimum atomic E-state index is -0.551. The van der Waals surface area contributed by atoms with E-state index in [1.54, 1.807) is 13.0 Å². The number of nitrogens with one attached hydrogen (secondary N) is 2. The molecule has 6 heteroatoms. The van der Waals surface area contributed by atoms with Crippen molar-refractivity contribution < 1.29 is 9.32 Å². The van der Waals surface area contributed by atoms with E-state index in [2.05, 4.69) is 31.7 Å². The maximum atomic E-state index is 12.7. The number of halogens is 1. The molecule has 0 aliphatic carbocycles. The van der Waals surface area contributed by atoms with Crippen LogP contribution in [0.5, 0.6) is 0 Å². The number of carbonyl (C=O) groups is 1. The number of rotatable bonds is 5. The van der Waals surface area contributed by atoms with Gasteiger partial charge >= 0.3 is 0 Å². The van der Waals surface area contributed by atoms with Gasteiger partial charge in [-0.2, -0.15) is 0 Å². The van der Waals surface area contributed by atoms with Crippen LogP contribution in [0.2, 0.25) is 0 Å². The molecule has 0 bridgehead atoms. The number of aryl methyl sites for hydroxylation is 1. The van der Waals surface area contributed by atoms with E-state index in [9.17, 15) is 4.79 Å². The van der Waals surface area contributed by atoms with Crippen molar-refractivity contribution in [1.29, 1.82) is 0 Å². The zero-order valence-electron chi connectivity index (χ0n) is 13.0. The van der Waals surface area contributed by atoms with Crippen molar-refractivity contribution in [2.45, 2.75) is 13.0 Å². The Kier molecular flexibility index (Phi) is 4.96. The molecule has 0 spiro atoms. The second kappa shape index (κ2) is 7.31. The lowest BCUT2D eigenvalue weighted by atomic mass is 10.1. The number of amides is 1. The average molecular weight is 386 g/mol. The topological polar surface area (TPSA) is 67.2 Å². The highest BCUT2D eigenvalue weighted by atomic mass is 79.9. The molecule has 0 aliphatic heterocycles. The van der Waals surface area contributed by atoms with Crippen LogP contribution in [-0.2, 0) is 4.79 Å². The number of nitrogens with zero attached hydrogens (tertiary/aromatic N) is 1. The molecule has 0 radical (unpaired) electrons. The molecule has 1 amide bonds. The molecule has 3 aromatic rings. The van der Waals surface area contributed by atoms with Crippen LogP contribution in [-0.4, -0.2) is 11.1 Å². The van der Waals surface area contributed by atoms with E-state index in [0.717, 1.165) is 15.7 Å². The lowest BCUT2D eigenvalue weighted by Gasteiger charge is -2.19. The van der Waals surface area contributed by atoms with Crippen LogP contribution in [0.1, 0.15) is 17.4 Å². The molecule has 2 aromatic carbocycles. The van der Waals surface area contributed by atoms with E-state index in [1.165, 1.54) is 0 Å². The number of carbonyl (C=O) groups excluding carboxylic acids is 1. The molecule has 0 saturated heterocycles. The van der Waals surface area contributed by atoms with E-state index in [1.807, 2.05) is 54.6 Å². The van der Waals surface area contributed by atoms with E-state index in [4.69, 9.17) is 4.52 Å². The molecular formula is C18H16BrN3O2. The molecular weight excluding hydrogens is 370 g/mol. The van der Waals surface area contributed by atoms with Crippen LogP contribution in [0.15, 0.2) is 69.7 Å². The summed E-state index contributed by atoms with van der Waals surface area (Å²) < 4.78 is 5.97. The smallest absolute Gasteiger partial charge is 0.252 e. The Bertz CT molecular complexity index is 816. The van der Waals surface area contributed by atoms with Crippen molar-refractivity contribution in [3.05, 3.63) is 76.5 Å². The average Bonchev–Trinajstić information content (AvgIpc) is 3.00.